The van der Waals surface area contributed by atoms with Crippen LogP contribution in [0.3, 0.4) is 0 Å². The molecule has 1 N–H and O–H groups in total. The van der Waals surface area contributed by atoms with E-state index < -0.39 is 0 Å². The predicted molar refractivity (Wildman–Crippen MR) is 131 cm³/mol. The van der Waals surface area contributed by atoms with Crippen LogP contribution in [0.1, 0.15) is 18.9 Å². The van der Waals surface area contributed by atoms with E-state index in [0.717, 1.165) is 17.1 Å². The standard InChI is InChI=1S/C27H28N2O5/c1-2-32-23-12-9-20(10-13-23)17-26(30)28-21-11-14-25-24(18-21)29(27(31)19-34-25)15-6-16-33-22-7-4-3-5-8-22/h3-5,7-14,18H,2,6,15-17,19H2,1H3,(H,28,30). The minimum Gasteiger partial charge on any atom is -0.494 e. The summed E-state index contributed by atoms with van der Waals surface area (Å²) in [4.78, 5) is 26.8. The van der Waals surface area contributed by atoms with E-state index >= 15 is 0 Å². The van der Waals surface area contributed by atoms with Crippen molar-refractivity contribution in [1.29, 1.82) is 0 Å². The average molecular weight is 461 g/mol. The van der Waals surface area contributed by atoms with Crippen LogP contribution in [0.15, 0.2) is 72.8 Å². The van der Waals surface area contributed by atoms with Crippen LogP contribution < -0.4 is 24.4 Å². The molecule has 4 rings (SSSR count). The molecule has 0 bridgehead atoms. The number of nitrogens with one attached hydrogen (secondary N) is 1. The molecule has 0 atom stereocenters. The Morgan fingerprint density at radius 3 is 2.53 bits per heavy atom. The highest BCUT2D eigenvalue weighted by Gasteiger charge is 2.25. The highest BCUT2D eigenvalue weighted by molar-refractivity contribution is 5.99. The third-order valence-corrected chi connectivity index (χ3v) is 5.32. The molecule has 1 heterocycles. The molecule has 0 saturated carbocycles. The number of nitrogens with zero attached hydrogens (tertiary/aromatic N) is 1. The van der Waals surface area contributed by atoms with E-state index in [1.165, 1.54) is 0 Å². The molecule has 7 heteroatoms. The second-order valence-electron chi connectivity index (χ2n) is 7.83. The summed E-state index contributed by atoms with van der Waals surface area (Å²) in [7, 11) is 0. The number of para-hydroxylation sites is 1. The van der Waals surface area contributed by atoms with Gasteiger partial charge in [-0.2, -0.15) is 0 Å². The van der Waals surface area contributed by atoms with E-state index in [-0.39, 0.29) is 24.8 Å². The van der Waals surface area contributed by atoms with Crippen molar-refractivity contribution in [2.24, 2.45) is 0 Å². The molecule has 2 amide bonds. The Bertz CT molecular complexity index is 1120. The van der Waals surface area contributed by atoms with Crippen LogP contribution >= 0.6 is 0 Å². The molecule has 0 saturated heterocycles. The van der Waals surface area contributed by atoms with Gasteiger partial charge in [0.05, 0.1) is 25.3 Å². The topological polar surface area (TPSA) is 77.1 Å². The van der Waals surface area contributed by atoms with Gasteiger partial charge >= 0.3 is 0 Å². The van der Waals surface area contributed by atoms with Gasteiger partial charge in [-0.25, -0.2) is 0 Å². The van der Waals surface area contributed by atoms with Crippen molar-refractivity contribution < 1.29 is 23.8 Å². The zero-order valence-electron chi connectivity index (χ0n) is 19.2. The first kappa shape index (κ1) is 23.2. The number of amides is 2. The molecular formula is C27H28N2O5. The quantitative estimate of drug-likeness (QED) is 0.452. The van der Waals surface area contributed by atoms with Crippen molar-refractivity contribution >= 4 is 23.2 Å². The number of rotatable bonds is 10. The Labute approximate surface area is 199 Å². The smallest absolute Gasteiger partial charge is 0.265 e. The minimum absolute atomic E-state index is 0.00398. The molecule has 0 spiro atoms. The molecule has 3 aromatic rings. The minimum atomic E-state index is -0.144. The third-order valence-electron chi connectivity index (χ3n) is 5.32. The van der Waals surface area contributed by atoms with Gasteiger partial charge in [-0.3, -0.25) is 9.59 Å². The lowest BCUT2D eigenvalue weighted by Crippen LogP contribution is -2.39. The van der Waals surface area contributed by atoms with Gasteiger partial charge in [0.25, 0.3) is 5.91 Å². The van der Waals surface area contributed by atoms with Crippen LogP contribution in [0, 0.1) is 0 Å². The van der Waals surface area contributed by atoms with Gasteiger partial charge in [-0.15, -0.1) is 0 Å². The molecule has 0 aromatic heterocycles. The molecule has 1 aliphatic heterocycles. The summed E-state index contributed by atoms with van der Waals surface area (Å²) in [5.74, 6) is 1.93. The lowest BCUT2D eigenvalue weighted by molar-refractivity contribution is -0.121. The maximum atomic E-state index is 12.6. The average Bonchev–Trinajstić information content (AvgIpc) is 2.85. The molecular weight excluding hydrogens is 432 g/mol. The molecule has 7 nitrogen and oxygen atoms in total. The fourth-order valence-electron chi connectivity index (χ4n) is 3.72. The first-order valence-corrected chi connectivity index (χ1v) is 11.4. The molecule has 0 radical (unpaired) electrons. The van der Waals surface area contributed by atoms with E-state index in [0.29, 0.717) is 43.3 Å². The second-order valence-corrected chi connectivity index (χ2v) is 7.83. The molecule has 0 unspecified atom stereocenters. The first-order valence-electron chi connectivity index (χ1n) is 11.4. The Morgan fingerprint density at radius 1 is 1.00 bits per heavy atom. The zero-order chi connectivity index (χ0) is 23.8. The number of benzene rings is 3. The van der Waals surface area contributed by atoms with Gasteiger partial charge in [0.1, 0.15) is 17.2 Å². The molecule has 3 aromatic carbocycles. The van der Waals surface area contributed by atoms with E-state index in [9.17, 15) is 9.59 Å². The molecule has 34 heavy (non-hydrogen) atoms. The molecule has 0 aliphatic carbocycles. The number of hydrogen-bond acceptors (Lipinski definition) is 5. The van der Waals surface area contributed by atoms with E-state index in [4.69, 9.17) is 14.2 Å². The molecule has 1 aliphatic rings. The van der Waals surface area contributed by atoms with Crippen molar-refractivity contribution in [2.45, 2.75) is 19.8 Å². The van der Waals surface area contributed by atoms with E-state index in [1.807, 2.05) is 61.5 Å². The predicted octanol–water partition coefficient (Wildman–Crippen LogP) is 4.46. The Balaban J connectivity index is 1.36. The second kappa shape index (κ2) is 11.2. The van der Waals surface area contributed by atoms with Gasteiger partial charge < -0.3 is 24.4 Å². The van der Waals surface area contributed by atoms with Crippen molar-refractivity contribution in [2.75, 3.05) is 36.6 Å². The van der Waals surface area contributed by atoms with Crippen LogP contribution in [0.2, 0.25) is 0 Å². The van der Waals surface area contributed by atoms with Crippen LogP contribution in [0.4, 0.5) is 11.4 Å². The number of anilines is 2. The van der Waals surface area contributed by atoms with Gasteiger partial charge in [0.15, 0.2) is 6.61 Å². The van der Waals surface area contributed by atoms with Crippen molar-refractivity contribution in [1.82, 2.24) is 0 Å². The number of fused-ring (bicyclic) bond motifs is 1. The van der Waals surface area contributed by atoms with E-state index in [2.05, 4.69) is 5.32 Å². The Kier molecular flexibility index (Phi) is 7.65. The monoisotopic (exact) mass is 460 g/mol. The summed E-state index contributed by atoms with van der Waals surface area (Å²) in [5.41, 5.74) is 2.14. The van der Waals surface area contributed by atoms with Crippen LogP contribution in [0.25, 0.3) is 0 Å². The molecule has 176 valence electrons. The van der Waals surface area contributed by atoms with Crippen LogP contribution in [-0.4, -0.2) is 38.2 Å². The summed E-state index contributed by atoms with van der Waals surface area (Å²) in [5, 5.41) is 2.92. The number of ether oxygens (including phenoxy) is 3. The number of carbonyl (C=O) groups excluding carboxylic acids is 2. The molecule has 0 fully saturated rings. The normalized spacial score (nSPS) is 12.5. The summed E-state index contributed by atoms with van der Waals surface area (Å²) in [6.07, 6.45) is 0.897. The van der Waals surface area contributed by atoms with Gasteiger partial charge in [-0.1, -0.05) is 30.3 Å². The van der Waals surface area contributed by atoms with Crippen molar-refractivity contribution in [3.05, 3.63) is 78.4 Å². The maximum Gasteiger partial charge on any atom is 0.265 e. The zero-order valence-corrected chi connectivity index (χ0v) is 19.2. The SMILES string of the molecule is CCOc1ccc(CC(=O)Nc2ccc3c(c2)N(CCCOc2ccccc2)C(=O)CO3)cc1. The highest BCUT2D eigenvalue weighted by Crippen LogP contribution is 2.34. The Hall–Kier alpha value is -4.00. The summed E-state index contributed by atoms with van der Waals surface area (Å²) in [6, 6.07) is 22.4. The fraction of sp³-hybridized carbons (Fsp3) is 0.259. The van der Waals surface area contributed by atoms with Crippen molar-refractivity contribution in [3.8, 4) is 17.2 Å². The van der Waals surface area contributed by atoms with E-state index in [1.54, 1.807) is 23.1 Å². The van der Waals surface area contributed by atoms with Crippen LogP contribution in [-0.2, 0) is 16.0 Å². The fourth-order valence-corrected chi connectivity index (χ4v) is 3.72. The summed E-state index contributed by atoms with van der Waals surface area (Å²) >= 11 is 0. The lowest BCUT2D eigenvalue weighted by Gasteiger charge is -2.30. The van der Waals surface area contributed by atoms with Gasteiger partial charge in [0.2, 0.25) is 5.91 Å². The highest BCUT2D eigenvalue weighted by atomic mass is 16.5. The summed E-state index contributed by atoms with van der Waals surface area (Å²) in [6.45, 7) is 3.50. The summed E-state index contributed by atoms with van der Waals surface area (Å²) < 4.78 is 16.8. The Morgan fingerprint density at radius 2 is 1.76 bits per heavy atom. The number of hydrogen-bond donors (Lipinski definition) is 1. The number of carbonyl (C=O) groups is 2. The maximum absolute atomic E-state index is 12.6. The van der Waals surface area contributed by atoms with Gasteiger partial charge in [-0.05, 0) is 61.4 Å². The van der Waals surface area contributed by atoms with Gasteiger partial charge in [0, 0.05) is 12.2 Å². The van der Waals surface area contributed by atoms with Crippen LogP contribution in [0.5, 0.6) is 17.2 Å². The third kappa shape index (κ3) is 6.07. The lowest BCUT2D eigenvalue weighted by atomic mass is 10.1. The first-order chi connectivity index (χ1) is 16.6. The largest absolute Gasteiger partial charge is 0.494 e. The van der Waals surface area contributed by atoms with Crippen molar-refractivity contribution in [3.63, 3.8) is 0 Å².